The fraction of sp³-hybridized carbons (Fsp3) is 0.375. The highest BCUT2D eigenvalue weighted by molar-refractivity contribution is 7.10. The Balaban J connectivity index is 1.22. The van der Waals surface area contributed by atoms with E-state index in [1.807, 2.05) is 12.1 Å². The first-order chi connectivity index (χ1) is 15.4. The van der Waals surface area contributed by atoms with Crippen LogP contribution in [0, 0.1) is 0 Å². The van der Waals surface area contributed by atoms with E-state index < -0.39 is 23.5 Å². The third-order valence-electron chi connectivity index (χ3n) is 6.44. The molecule has 3 aliphatic rings. The second-order valence-electron chi connectivity index (χ2n) is 8.60. The fourth-order valence-electron chi connectivity index (χ4n) is 4.44. The minimum absolute atomic E-state index is 0.0722. The molecule has 2 aromatic rings. The lowest BCUT2D eigenvalue weighted by atomic mass is 10.0. The molecule has 1 aromatic heterocycles. The van der Waals surface area contributed by atoms with Gasteiger partial charge >= 0.3 is 0 Å². The minimum Gasteiger partial charge on any atom is -0.322 e. The molecule has 3 amide bonds. The SMILES string of the molecule is O=C1CCC(N2Cc3c(csc3CCC(=O)C(=O)c3ccc(C4CC4)cc3)C2=O)C(=O)N1. The van der Waals surface area contributed by atoms with Crippen molar-refractivity contribution < 1.29 is 24.0 Å². The number of nitrogens with zero attached hydrogens (tertiary/aromatic N) is 1. The first-order valence-corrected chi connectivity index (χ1v) is 11.7. The van der Waals surface area contributed by atoms with E-state index in [9.17, 15) is 24.0 Å². The first-order valence-electron chi connectivity index (χ1n) is 10.8. The number of rotatable bonds is 7. The summed E-state index contributed by atoms with van der Waals surface area (Å²) < 4.78 is 0. The van der Waals surface area contributed by atoms with E-state index in [2.05, 4.69) is 5.32 Å². The van der Waals surface area contributed by atoms with E-state index in [4.69, 9.17) is 0 Å². The summed E-state index contributed by atoms with van der Waals surface area (Å²) in [6, 6.07) is 6.66. The number of imide groups is 1. The van der Waals surface area contributed by atoms with Crippen LogP contribution in [-0.2, 0) is 27.3 Å². The summed E-state index contributed by atoms with van der Waals surface area (Å²) in [7, 11) is 0. The number of piperidine rings is 1. The number of ketones is 2. The van der Waals surface area contributed by atoms with Crippen molar-refractivity contribution in [1.82, 2.24) is 10.2 Å². The van der Waals surface area contributed by atoms with Crippen LogP contribution in [0.1, 0.15) is 74.7 Å². The van der Waals surface area contributed by atoms with E-state index in [1.54, 1.807) is 17.5 Å². The van der Waals surface area contributed by atoms with Gasteiger partial charge in [-0.3, -0.25) is 29.3 Å². The van der Waals surface area contributed by atoms with E-state index in [-0.39, 0.29) is 31.2 Å². The van der Waals surface area contributed by atoms with Crippen molar-refractivity contribution in [1.29, 1.82) is 0 Å². The number of Topliss-reactive ketones (excluding diaryl/α,β-unsaturated/α-hetero) is 2. The number of carbonyl (C=O) groups excluding carboxylic acids is 5. The van der Waals surface area contributed by atoms with E-state index in [1.165, 1.54) is 34.6 Å². The molecule has 0 spiro atoms. The third kappa shape index (κ3) is 3.79. The van der Waals surface area contributed by atoms with Gasteiger partial charge in [0.15, 0.2) is 0 Å². The average molecular weight is 451 g/mol. The van der Waals surface area contributed by atoms with E-state index in [0.717, 1.165) is 10.4 Å². The van der Waals surface area contributed by atoms with Crippen LogP contribution in [0.3, 0.4) is 0 Å². The molecule has 2 aliphatic heterocycles. The molecule has 1 aromatic carbocycles. The monoisotopic (exact) mass is 450 g/mol. The number of benzene rings is 1. The average Bonchev–Trinajstić information content (AvgIpc) is 3.49. The van der Waals surface area contributed by atoms with Crippen LogP contribution in [0.5, 0.6) is 0 Å². The molecule has 0 bridgehead atoms. The standard InChI is InChI=1S/C24H22N2O5S/c27-19(22(29)15-5-3-14(4-6-15)13-1-2-13)8-9-20-16-11-26(24(31)17(16)12-32-20)18-7-10-21(28)25-23(18)30/h3-6,12-13,18H,1-2,7-11H2,(H,25,28,30). The Hall–Kier alpha value is -3.13. The lowest BCUT2D eigenvalue weighted by Crippen LogP contribution is -2.52. The van der Waals surface area contributed by atoms with E-state index in [0.29, 0.717) is 29.9 Å². The Bertz CT molecular complexity index is 1150. The molecule has 1 saturated carbocycles. The van der Waals surface area contributed by atoms with Gasteiger partial charge in [0.05, 0.1) is 5.56 Å². The Morgan fingerprint density at radius 1 is 1.06 bits per heavy atom. The summed E-state index contributed by atoms with van der Waals surface area (Å²) >= 11 is 1.40. The Morgan fingerprint density at radius 3 is 2.50 bits per heavy atom. The van der Waals surface area contributed by atoms with Gasteiger partial charge in [0.25, 0.3) is 5.91 Å². The molecule has 32 heavy (non-hydrogen) atoms. The molecule has 5 rings (SSSR count). The summed E-state index contributed by atoms with van der Waals surface area (Å²) in [6.07, 6.45) is 3.33. The van der Waals surface area contributed by atoms with Gasteiger partial charge in [0.2, 0.25) is 23.4 Å². The topological polar surface area (TPSA) is 101 Å². The number of fused-ring (bicyclic) bond motifs is 1. The Morgan fingerprint density at radius 2 is 1.81 bits per heavy atom. The van der Waals surface area contributed by atoms with Crippen LogP contribution in [-0.4, -0.2) is 40.2 Å². The molecule has 1 saturated heterocycles. The van der Waals surface area contributed by atoms with Crippen molar-refractivity contribution in [3.05, 3.63) is 56.8 Å². The quantitative estimate of drug-likeness (QED) is 0.397. The van der Waals surface area contributed by atoms with Crippen molar-refractivity contribution in [2.24, 2.45) is 0 Å². The first kappa shape index (κ1) is 20.8. The fourth-order valence-corrected chi connectivity index (χ4v) is 5.48. The minimum atomic E-state index is -0.660. The maximum Gasteiger partial charge on any atom is 0.256 e. The molecule has 1 aliphatic carbocycles. The molecular weight excluding hydrogens is 428 g/mol. The summed E-state index contributed by atoms with van der Waals surface area (Å²) in [5, 5.41) is 4.04. The maximum absolute atomic E-state index is 12.8. The molecule has 8 heteroatoms. The van der Waals surface area contributed by atoms with Crippen LogP contribution < -0.4 is 5.32 Å². The largest absolute Gasteiger partial charge is 0.322 e. The maximum atomic E-state index is 12.8. The van der Waals surface area contributed by atoms with Gasteiger partial charge in [-0.2, -0.15) is 0 Å². The van der Waals surface area contributed by atoms with Crippen LogP contribution in [0.15, 0.2) is 29.6 Å². The summed E-state index contributed by atoms with van der Waals surface area (Å²) in [5.74, 6) is -1.33. The highest BCUT2D eigenvalue weighted by atomic mass is 32.1. The van der Waals surface area contributed by atoms with Gasteiger partial charge in [-0.05, 0) is 42.7 Å². The molecule has 1 atom stereocenters. The van der Waals surface area contributed by atoms with Gasteiger partial charge < -0.3 is 4.90 Å². The zero-order valence-electron chi connectivity index (χ0n) is 17.4. The van der Waals surface area contributed by atoms with Crippen molar-refractivity contribution in [2.75, 3.05) is 0 Å². The summed E-state index contributed by atoms with van der Waals surface area (Å²) in [6.45, 7) is 0.282. The molecule has 7 nitrogen and oxygen atoms in total. The zero-order chi connectivity index (χ0) is 22.4. The summed E-state index contributed by atoms with van der Waals surface area (Å²) in [4.78, 5) is 63.8. The molecule has 164 valence electrons. The third-order valence-corrected chi connectivity index (χ3v) is 7.53. The van der Waals surface area contributed by atoms with Gasteiger partial charge in [0, 0.05) is 35.2 Å². The van der Waals surface area contributed by atoms with E-state index >= 15 is 0 Å². The highest BCUT2D eigenvalue weighted by Crippen LogP contribution is 2.40. The van der Waals surface area contributed by atoms with Gasteiger partial charge in [0.1, 0.15) is 6.04 Å². The number of thiophene rings is 1. The molecule has 2 fully saturated rings. The van der Waals surface area contributed by atoms with Crippen LogP contribution in [0.25, 0.3) is 0 Å². The lowest BCUT2D eigenvalue weighted by molar-refractivity contribution is -0.136. The number of hydrogen-bond acceptors (Lipinski definition) is 6. The van der Waals surface area contributed by atoms with Crippen LogP contribution in [0.4, 0.5) is 0 Å². The second-order valence-corrected chi connectivity index (χ2v) is 9.56. The molecule has 1 unspecified atom stereocenters. The second kappa shape index (κ2) is 8.09. The number of hydrogen-bond donors (Lipinski definition) is 1. The smallest absolute Gasteiger partial charge is 0.256 e. The van der Waals surface area contributed by atoms with Crippen molar-refractivity contribution >= 4 is 40.6 Å². The number of nitrogens with one attached hydrogen (secondary N) is 1. The van der Waals surface area contributed by atoms with Crippen LogP contribution >= 0.6 is 11.3 Å². The molecule has 1 N–H and O–H groups in total. The molecule has 0 radical (unpaired) electrons. The zero-order valence-corrected chi connectivity index (χ0v) is 18.2. The summed E-state index contributed by atoms with van der Waals surface area (Å²) in [5.41, 5.74) is 2.99. The Kier molecular flexibility index (Phi) is 5.25. The lowest BCUT2D eigenvalue weighted by Gasteiger charge is -2.29. The van der Waals surface area contributed by atoms with Crippen molar-refractivity contribution in [3.8, 4) is 0 Å². The van der Waals surface area contributed by atoms with Crippen LogP contribution in [0.2, 0.25) is 0 Å². The molecular formula is C24H22N2O5S. The Labute approximate surface area is 188 Å². The number of aryl methyl sites for hydroxylation is 1. The van der Waals surface area contributed by atoms with Crippen molar-refractivity contribution in [2.45, 2.75) is 57.0 Å². The van der Waals surface area contributed by atoms with Gasteiger partial charge in [-0.1, -0.05) is 24.3 Å². The van der Waals surface area contributed by atoms with Crippen molar-refractivity contribution in [3.63, 3.8) is 0 Å². The van der Waals surface area contributed by atoms with Gasteiger partial charge in [-0.25, -0.2) is 0 Å². The predicted molar refractivity (Wildman–Crippen MR) is 116 cm³/mol. The normalized spacial score (nSPS) is 20.3. The van der Waals surface area contributed by atoms with Gasteiger partial charge in [-0.15, -0.1) is 11.3 Å². The molecule has 3 heterocycles. The number of carbonyl (C=O) groups is 5. The highest BCUT2D eigenvalue weighted by Gasteiger charge is 2.40. The number of amides is 3. The predicted octanol–water partition coefficient (Wildman–Crippen LogP) is 2.77.